The van der Waals surface area contributed by atoms with Crippen LogP contribution in [0.3, 0.4) is 0 Å². The van der Waals surface area contributed by atoms with Gasteiger partial charge in [-0.3, -0.25) is 10.2 Å². The van der Waals surface area contributed by atoms with E-state index in [1.54, 1.807) is 4.90 Å². The molecule has 2 aliphatic rings. The average Bonchev–Trinajstić information content (AvgIpc) is 3.11. The Hall–Kier alpha value is -4.33. The van der Waals surface area contributed by atoms with Gasteiger partial charge in [0.25, 0.3) is 6.23 Å². The molecule has 1 unspecified atom stereocenters. The van der Waals surface area contributed by atoms with Gasteiger partial charge in [-0.2, -0.15) is 44.5 Å². The lowest BCUT2D eigenvalue weighted by atomic mass is 10.1. The number of fused-ring (bicyclic) bond motifs is 1. The van der Waals surface area contributed by atoms with Crippen LogP contribution in [0.1, 0.15) is 11.1 Å². The number of ether oxygens (including phenoxy) is 4. The molecule has 0 bridgehead atoms. The Morgan fingerprint density at radius 3 is 1.93 bits per heavy atom. The number of aromatic nitrogens is 1. The number of piperazine rings is 1. The summed E-state index contributed by atoms with van der Waals surface area (Å²) in [6.45, 7) is 1.62. The lowest BCUT2D eigenvalue weighted by Gasteiger charge is -2.36. The van der Waals surface area contributed by atoms with E-state index in [0.29, 0.717) is 32.7 Å². The maximum Gasteiger partial charge on any atom is 0.491 e. The second-order valence-corrected chi connectivity index (χ2v) is 9.84. The molecular weight excluding hydrogens is 651 g/mol. The number of esters is 3. The Balaban J connectivity index is 1.63. The summed E-state index contributed by atoms with van der Waals surface area (Å²) in [6.07, 6.45) is -20.3. The number of carbonyl (C=O) groups excluding carboxylic acids is 3. The molecule has 0 spiro atoms. The molecule has 1 N–H and O–H groups in total. The van der Waals surface area contributed by atoms with Crippen molar-refractivity contribution in [2.24, 2.45) is 0 Å². The second kappa shape index (κ2) is 13.2. The number of carbonyl (C=O) groups is 3. The largest absolute Gasteiger partial charge is 0.491 e. The molecule has 1 aromatic carbocycles. The van der Waals surface area contributed by atoms with Gasteiger partial charge in [0.1, 0.15) is 5.82 Å². The number of rotatable bonds is 7. The Morgan fingerprint density at radius 2 is 1.39 bits per heavy atom. The van der Waals surface area contributed by atoms with Crippen LogP contribution < -0.4 is 15.0 Å². The van der Waals surface area contributed by atoms with Crippen LogP contribution in [-0.4, -0.2) is 91.2 Å². The van der Waals surface area contributed by atoms with Crippen LogP contribution in [0.25, 0.3) is 0 Å². The third-order valence-electron chi connectivity index (χ3n) is 6.61. The van der Waals surface area contributed by atoms with Gasteiger partial charge in [-0.15, -0.1) is 0 Å². The number of nitrogens with zero attached hydrogens (tertiary/aromatic N) is 3. The summed E-state index contributed by atoms with van der Waals surface area (Å²) in [7, 11) is 0. The number of hydrogen-bond donors (Lipinski definition) is 1. The standard InChI is InChI=1S/C26H23F9N4O7/c27-23(28,29)20(40)43-19-26(45-21(41)24(30,31)32,46-22(42)25(33,34)35)44-18-16(14-36-19)6-7-17(37-18)39-12-10-38(11-13-39)9-8-15-4-2-1-3-5-15/h1-7,19,36H,8-14H2. The van der Waals surface area contributed by atoms with Crippen LogP contribution in [0.4, 0.5) is 45.3 Å². The van der Waals surface area contributed by atoms with E-state index in [-0.39, 0.29) is 11.4 Å². The van der Waals surface area contributed by atoms with Crippen molar-refractivity contribution < 1.29 is 72.8 Å². The van der Waals surface area contributed by atoms with Gasteiger partial charge in [0.2, 0.25) is 5.88 Å². The Kier molecular flexibility index (Phi) is 9.90. The molecule has 0 radical (unpaired) electrons. The molecule has 1 fully saturated rings. The van der Waals surface area contributed by atoms with E-state index in [2.05, 4.69) is 24.1 Å². The zero-order valence-electron chi connectivity index (χ0n) is 23.2. The van der Waals surface area contributed by atoms with Crippen molar-refractivity contribution in [1.82, 2.24) is 15.2 Å². The molecule has 0 saturated carbocycles. The number of nitrogens with one attached hydrogen (secondary N) is 1. The van der Waals surface area contributed by atoms with Crippen LogP contribution >= 0.6 is 0 Å². The number of alkyl halides is 9. The fourth-order valence-corrected chi connectivity index (χ4v) is 4.34. The van der Waals surface area contributed by atoms with Crippen LogP contribution in [0.5, 0.6) is 5.88 Å². The highest BCUT2D eigenvalue weighted by Gasteiger charge is 2.62. The first-order valence-electron chi connectivity index (χ1n) is 13.2. The fourth-order valence-electron chi connectivity index (χ4n) is 4.34. The van der Waals surface area contributed by atoms with Crippen molar-refractivity contribution in [3.05, 3.63) is 53.6 Å². The van der Waals surface area contributed by atoms with Crippen molar-refractivity contribution in [2.45, 2.75) is 43.7 Å². The minimum absolute atomic E-state index is 0.0467. The first-order valence-corrected chi connectivity index (χ1v) is 13.2. The minimum atomic E-state index is -6.01. The van der Waals surface area contributed by atoms with E-state index in [4.69, 9.17) is 4.74 Å². The van der Waals surface area contributed by atoms with E-state index >= 15 is 0 Å². The van der Waals surface area contributed by atoms with Gasteiger partial charge in [-0.25, -0.2) is 14.4 Å². The van der Waals surface area contributed by atoms with E-state index in [9.17, 15) is 53.9 Å². The molecule has 0 amide bonds. The summed E-state index contributed by atoms with van der Waals surface area (Å²) < 4.78 is 135. The number of hydrogen-bond acceptors (Lipinski definition) is 11. The maximum atomic E-state index is 13.2. The number of anilines is 1. The molecule has 2 aromatic rings. The Labute approximate surface area is 253 Å². The van der Waals surface area contributed by atoms with Gasteiger partial charge in [0.05, 0.1) is 0 Å². The molecule has 1 aromatic heterocycles. The molecule has 11 nitrogen and oxygen atoms in total. The summed E-state index contributed by atoms with van der Waals surface area (Å²) in [5.41, 5.74) is 0.884. The number of pyridine rings is 1. The molecule has 20 heteroatoms. The van der Waals surface area contributed by atoms with Crippen molar-refractivity contribution >= 4 is 23.7 Å². The topological polar surface area (TPSA) is 120 Å². The third kappa shape index (κ3) is 8.47. The van der Waals surface area contributed by atoms with Gasteiger partial charge in [-0.1, -0.05) is 30.3 Å². The molecule has 252 valence electrons. The van der Waals surface area contributed by atoms with E-state index in [1.165, 1.54) is 12.1 Å². The summed E-state index contributed by atoms with van der Waals surface area (Å²) in [4.78, 5) is 43.0. The summed E-state index contributed by atoms with van der Waals surface area (Å²) in [5.74, 6) is -15.2. The van der Waals surface area contributed by atoms with Crippen molar-refractivity contribution in [1.29, 1.82) is 0 Å². The molecule has 1 atom stereocenters. The molecular formula is C26H23F9N4O7. The molecule has 2 aliphatic heterocycles. The second-order valence-electron chi connectivity index (χ2n) is 9.84. The quantitative estimate of drug-likeness (QED) is 0.265. The minimum Gasteiger partial charge on any atom is -0.427 e. The highest BCUT2D eigenvalue weighted by molar-refractivity contribution is 5.79. The van der Waals surface area contributed by atoms with Crippen LogP contribution in [0.15, 0.2) is 42.5 Å². The predicted molar refractivity (Wildman–Crippen MR) is 133 cm³/mol. The smallest absolute Gasteiger partial charge is 0.427 e. The highest BCUT2D eigenvalue weighted by atomic mass is 19.4. The molecule has 1 saturated heterocycles. The molecule has 4 rings (SSSR count). The zero-order chi connectivity index (χ0) is 33.9. The van der Waals surface area contributed by atoms with E-state index in [0.717, 1.165) is 12.0 Å². The van der Waals surface area contributed by atoms with Gasteiger partial charge in [0.15, 0.2) is 0 Å². The lowest BCUT2D eigenvalue weighted by Crippen LogP contribution is -2.63. The monoisotopic (exact) mass is 674 g/mol. The summed E-state index contributed by atoms with van der Waals surface area (Å²) >= 11 is 0. The summed E-state index contributed by atoms with van der Waals surface area (Å²) in [5, 5.41) is 1.86. The summed E-state index contributed by atoms with van der Waals surface area (Å²) in [6, 6.07) is 12.2. The van der Waals surface area contributed by atoms with E-state index in [1.807, 2.05) is 35.6 Å². The number of halogens is 9. The van der Waals surface area contributed by atoms with Crippen molar-refractivity contribution in [3.63, 3.8) is 0 Å². The Morgan fingerprint density at radius 1 is 0.826 bits per heavy atom. The molecule has 3 heterocycles. The van der Waals surface area contributed by atoms with Crippen molar-refractivity contribution in [2.75, 3.05) is 37.6 Å². The normalized spacial score (nSPS) is 18.9. The van der Waals surface area contributed by atoms with Crippen LogP contribution in [-0.2, 0) is 41.6 Å². The van der Waals surface area contributed by atoms with Gasteiger partial charge in [0, 0.05) is 44.8 Å². The average molecular weight is 674 g/mol. The maximum absolute atomic E-state index is 13.2. The predicted octanol–water partition coefficient (Wildman–Crippen LogP) is 3.22. The van der Waals surface area contributed by atoms with Crippen LogP contribution in [0, 0.1) is 0 Å². The fraction of sp³-hybridized carbons (Fsp3) is 0.462. The van der Waals surface area contributed by atoms with Gasteiger partial charge < -0.3 is 23.8 Å². The third-order valence-corrected chi connectivity index (χ3v) is 6.61. The van der Waals surface area contributed by atoms with Crippen molar-refractivity contribution in [3.8, 4) is 5.88 Å². The first kappa shape index (κ1) is 34.5. The van der Waals surface area contributed by atoms with Gasteiger partial charge in [-0.05, 0) is 24.1 Å². The van der Waals surface area contributed by atoms with E-state index < -0.39 is 61.1 Å². The first-order chi connectivity index (χ1) is 21.4. The van der Waals surface area contributed by atoms with Gasteiger partial charge >= 0.3 is 42.4 Å². The highest BCUT2D eigenvalue weighted by Crippen LogP contribution is 2.36. The SMILES string of the molecule is O=C(OC1NCc2ccc(N3CCN(CCc4ccccc4)CC3)nc2OC1(OC(=O)C(F)(F)F)OC(=O)C(F)(F)F)C(F)(F)F. The zero-order valence-corrected chi connectivity index (χ0v) is 23.2. The molecule has 46 heavy (non-hydrogen) atoms. The number of benzene rings is 1. The molecule has 0 aliphatic carbocycles. The lowest BCUT2D eigenvalue weighted by molar-refractivity contribution is -0.370. The van der Waals surface area contributed by atoms with Crippen LogP contribution in [0.2, 0.25) is 0 Å². The Bertz CT molecular complexity index is 1390.